The van der Waals surface area contributed by atoms with Gasteiger partial charge < -0.3 is 5.73 Å². The fraction of sp³-hybridized carbons (Fsp3) is 0.467. The molecule has 17 heavy (non-hydrogen) atoms. The molecule has 0 spiro atoms. The largest absolute Gasteiger partial charge is 0.324 e. The third-order valence-corrected chi connectivity index (χ3v) is 3.04. The lowest BCUT2D eigenvalue weighted by molar-refractivity contribution is 0.531. The van der Waals surface area contributed by atoms with E-state index in [1.165, 1.54) is 0 Å². The molecule has 0 saturated carbocycles. The van der Waals surface area contributed by atoms with Gasteiger partial charge >= 0.3 is 0 Å². The van der Waals surface area contributed by atoms with Crippen LogP contribution in [0, 0.1) is 12.7 Å². The first-order chi connectivity index (χ1) is 8.16. The highest BCUT2D eigenvalue weighted by atomic mass is 19.1. The zero-order valence-electron chi connectivity index (χ0n) is 10.6. The minimum absolute atomic E-state index is 0.147. The molecule has 0 aliphatic heterocycles. The second kappa shape index (κ2) is 7.23. The van der Waals surface area contributed by atoms with Crippen molar-refractivity contribution in [2.24, 2.45) is 5.73 Å². The van der Waals surface area contributed by atoms with Crippen LogP contribution in [0.1, 0.15) is 49.3 Å². The van der Waals surface area contributed by atoms with Crippen LogP contribution in [0.25, 0.3) is 0 Å². The fourth-order valence-electron chi connectivity index (χ4n) is 1.94. The molecule has 0 radical (unpaired) electrons. The maximum atomic E-state index is 13.8. The summed E-state index contributed by atoms with van der Waals surface area (Å²) >= 11 is 0. The van der Waals surface area contributed by atoms with Crippen molar-refractivity contribution < 1.29 is 4.39 Å². The highest BCUT2D eigenvalue weighted by molar-refractivity contribution is 5.27. The van der Waals surface area contributed by atoms with Crippen LogP contribution in [0.2, 0.25) is 0 Å². The summed E-state index contributed by atoms with van der Waals surface area (Å²) < 4.78 is 13.8. The molecule has 1 unspecified atom stereocenters. The number of hydrogen-bond donors (Lipinski definition) is 1. The Balaban J connectivity index is 2.44. The van der Waals surface area contributed by atoms with Gasteiger partial charge in [-0.2, -0.15) is 0 Å². The fourth-order valence-corrected chi connectivity index (χ4v) is 1.94. The molecule has 0 heterocycles. The Bertz CT molecular complexity index is 360. The van der Waals surface area contributed by atoms with Crippen molar-refractivity contribution >= 4 is 0 Å². The minimum atomic E-state index is -0.182. The van der Waals surface area contributed by atoms with E-state index in [-0.39, 0.29) is 11.9 Å². The van der Waals surface area contributed by atoms with Crippen LogP contribution in [0.4, 0.5) is 4.39 Å². The SMILES string of the molecule is C=CCCCCCC(N)c1cccc(C)c1F. The average Bonchev–Trinajstić information content (AvgIpc) is 2.32. The normalized spacial score (nSPS) is 12.4. The third-order valence-electron chi connectivity index (χ3n) is 3.04. The standard InChI is InChI=1S/C15H22FN/c1-3-4-5-6-7-11-14(17)13-10-8-9-12(2)15(13)16/h3,8-10,14H,1,4-7,11,17H2,2H3. The van der Waals surface area contributed by atoms with Crippen LogP contribution in [0.3, 0.4) is 0 Å². The summed E-state index contributed by atoms with van der Waals surface area (Å²) in [6.07, 6.45) is 7.15. The lowest BCUT2D eigenvalue weighted by atomic mass is 9.98. The zero-order chi connectivity index (χ0) is 12.7. The van der Waals surface area contributed by atoms with Crippen molar-refractivity contribution in [3.63, 3.8) is 0 Å². The number of halogens is 1. The molecule has 2 N–H and O–H groups in total. The molecule has 1 aromatic rings. The van der Waals surface area contributed by atoms with Crippen molar-refractivity contribution in [2.75, 3.05) is 0 Å². The maximum absolute atomic E-state index is 13.8. The quantitative estimate of drug-likeness (QED) is 0.554. The van der Waals surface area contributed by atoms with Gasteiger partial charge in [0.05, 0.1) is 0 Å². The maximum Gasteiger partial charge on any atom is 0.130 e. The summed E-state index contributed by atoms with van der Waals surface area (Å²) in [6, 6.07) is 5.25. The second-order valence-electron chi connectivity index (χ2n) is 4.51. The molecular weight excluding hydrogens is 213 g/mol. The van der Waals surface area contributed by atoms with Gasteiger partial charge in [-0.25, -0.2) is 4.39 Å². The molecule has 0 fully saturated rings. The van der Waals surface area contributed by atoms with Crippen LogP contribution in [0.5, 0.6) is 0 Å². The molecule has 1 aromatic carbocycles. The van der Waals surface area contributed by atoms with Crippen molar-refractivity contribution in [3.05, 3.63) is 47.8 Å². The van der Waals surface area contributed by atoms with Gasteiger partial charge in [0, 0.05) is 11.6 Å². The summed E-state index contributed by atoms with van der Waals surface area (Å²) in [6.45, 7) is 5.46. The van der Waals surface area contributed by atoms with E-state index in [1.807, 2.05) is 12.1 Å². The lowest BCUT2D eigenvalue weighted by Crippen LogP contribution is -2.12. The first kappa shape index (κ1) is 13.9. The number of nitrogens with two attached hydrogens (primary N) is 1. The molecular formula is C15H22FN. The predicted molar refractivity (Wildman–Crippen MR) is 71.3 cm³/mol. The van der Waals surface area contributed by atoms with Crippen LogP contribution in [-0.2, 0) is 0 Å². The number of allylic oxidation sites excluding steroid dienone is 1. The molecule has 94 valence electrons. The van der Waals surface area contributed by atoms with Gasteiger partial charge in [0.15, 0.2) is 0 Å². The Morgan fingerprint density at radius 3 is 2.82 bits per heavy atom. The number of rotatable bonds is 7. The summed E-state index contributed by atoms with van der Waals surface area (Å²) in [7, 11) is 0. The molecule has 1 rings (SSSR count). The monoisotopic (exact) mass is 235 g/mol. The molecule has 2 heteroatoms. The highest BCUT2D eigenvalue weighted by Crippen LogP contribution is 2.22. The number of aryl methyl sites for hydroxylation is 1. The molecule has 0 amide bonds. The van der Waals surface area contributed by atoms with Crippen LogP contribution in [-0.4, -0.2) is 0 Å². The Labute approximate surface area is 104 Å². The lowest BCUT2D eigenvalue weighted by Gasteiger charge is -2.13. The van der Waals surface area contributed by atoms with Gasteiger partial charge in [-0.15, -0.1) is 6.58 Å². The number of unbranched alkanes of at least 4 members (excludes halogenated alkanes) is 3. The van der Waals surface area contributed by atoms with Gasteiger partial charge in [0.25, 0.3) is 0 Å². The Morgan fingerprint density at radius 1 is 1.35 bits per heavy atom. The summed E-state index contributed by atoms with van der Waals surface area (Å²) in [4.78, 5) is 0. The predicted octanol–water partition coefficient (Wildman–Crippen LogP) is 4.27. The number of hydrogen-bond acceptors (Lipinski definition) is 1. The smallest absolute Gasteiger partial charge is 0.130 e. The van der Waals surface area contributed by atoms with Gasteiger partial charge in [0.2, 0.25) is 0 Å². The van der Waals surface area contributed by atoms with Gasteiger partial charge in [0.1, 0.15) is 5.82 Å². The first-order valence-corrected chi connectivity index (χ1v) is 6.28. The van der Waals surface area contributed by atoms with Crippen LogP contribution >= 0.6 is 0 Å². The van der Waals surface area contributed by atoms with Crippen molar-refractivity contribution in [3.8, 4) is 0 Å². The first-order valence-electron chi connectivity index (χ1n) is 6.28. The van der Waals surface area contributed by atoms with E-state index >= 15 is 0 Å². The minimum Gasteiger partial charge on any atom is -0.324 e. The summed E-state index contributed by atoms with van der Waals surface area (Å²) in [5, 5.41) is 0. The molecule has 0 aliphatic rings. The van der Waals surface area contributed by atoms with Crippen LogP contribution < -0.4 is 5.73 Å². The molecule has 1 nitrogen and oxygen atoms in total. The topological polar surface area (TPSA) is 26.0 Å². The Morgan fingerprint density at radius 2 is 2.12 bits per heavy atom. The zero-order valence-corrected chi connectivity index (χ0v) is 10.6. The van der Waals surface area contributed by atoms with Gasteiger partial charge in [-0.1, -0.05) is 37.1 Å². The summed E-state index contributed by atoms with van der Waals surface area (Å²) in [5.74, 6) is -0.147. The van der Waals surface area contributed by atoms with Gasteiger partial charge in [-0.3, -0.25) is 0 Å². The van der Waals surface area contributed by atoms with Crippen LogP contribution in [0.15, 0.2) is 30.9 Å². The molecule has 0 aliphatic carbocycles. The van der Waals surface area contributed by atoms with E-state index in [0.29, 0.717) is 11.1 Å². The molecule has 0 aromatic heterocycles. The van der Waals surface area contributed by atoms with Crippen molar-refractivity contribution in [2.45, 2.75) is 45.1 Å². The van der Waals surface area contributed by atoms with E-state index in [4.69, 9.17) is 5.73 Å². The van der Waals surface area contributed by atoms with E-state index in [0.717, 1.165) is 32.1 Å². The second-order valence-corrected chi connectivity index (χ2v) is 4.51. The van der Waals surface area contributed by atoms with Gasteiger partial charge in [-0.05, 0) is 31.7 Å². The van der Waals surface area contributed by atoms with Crippen molar-refractivity contribution in [1.82, 2.24) is 0 Å². The Kier molecular flexibility index (Phi) is 5.92. The van der Waals surface area contributed by atoms with E-state index < -0.39 is 0 Å². The van der Waals surface area contributed by atoms with E-state index in [1.54, 1.807) is 19.1 Å². The summed E-state index contributed by atoms with van der Waals surface area (Å²) in [5.41, 5.74) is 7.34. The highest BCUT2D eigenvalue weighted by Gasteiger charge is 2.12. The number of benzene rings is 1. The van der Waals surface area contributed by atoms with E-state index in [9.17, 15) is 4.39 Å². The average molecular weight is 235 g/mol. The molecule has 0 bridgehead atoms. The van der Waals surface area contributed by atoms with Crippen molar-refractivity contribution in [1.29, 1.82) is 0 Å². The van der Waals surface area contributed by atoms with E-state index in [2.05, 4.69) is 6.58 Å². The molecule has 0 saturated heterocycles. The molecule has 1 atom stereocenters. The Hall–Kier alpha value is -1.15. The third kappa shape index (κ3) is 4.31.